The van der Waals surface area contributed by atoms with Crippen LogP contribution in [0.3, 0.4) is 0 Å². The molecule has 0 aromatic heterocycles. The van der Waals surface area contributed by atoms with Crippen LogP contribution in [0.2, 0.25) is 0 Å². The number of carbonyl (C=O) groups excluding carboxylic acids is 2. The van der Waals surface area contributed by atoms with Crippen LogP contribution in [0.25, 0.3) is 0 Å². The summed E-state index contributed by atoms with van der Waals surface area (Å²) in [6, 6.07) is 11.5. The topological polar surface area (TPSA) is 95.6 Å². The average molecular weight is 547 g/mol. The lowest BCUT2D eigenvalue weighted by molar-refractivity contribution is -0.179. The Hall–Kier alpha value is -3.72. The first-order valence-electron chi connectivity index (χ1n) is 13.8. The third-order valence-electron chi connectivity index (χ3n) is 10.4. The van der Waals surface area contributed by atoms with E-state index in [0.717, 1.165) is 24.2 Å². The molecule has 0 radical (unpaired) electrons. The third kappa shape index (κ3) is 2.81. The number of allylic oxidation sites excluding steroid dienone is 1. The highest BCUT2D eigenvalue weighted by atomic mass is 16.6. The van der Waals surface area contributed by atoms with Gasteiger partial charge in [-0.2, -0.15) is 0 Å². The van der Waals surface area contributed by atoms with E-state index < -0.39 is 22.9 Å². The number of anilines is 1. The fourth-order valence-electron chi connectivity index (χ4n) is 9.03. The van der Waals surface area contributed by atoms with Gasteiger partial charge in [0.15, 0.2) is 11.5 Å². The van der Waals surface area contributed by atoms with Crippen molar-refractivity contribution in [3.05, 3.63) is 59.2 Å². The van der Waals surface area contributed by atoms with Crippen molar-refractivity contribution in [2.75, 3.05) is 40.3 Å². The van der Waals surface area contributed by atoms with E-state index in [-0.39, 0.29) is 35.6 Å². The molecule has 40 heavy (non-hydrogen) atoms. The van der Waals surface area contributed by atoms with Crippen LogP contribution in [0.15, 0.2) is 48.0 Å². The zero-order chi connectivity index (χ0) is 28.0. The summed E-state index contributed by atoms with van der Waals surface area (Å²) >= 11 is 0. The van der Waals surface area contributed by atoms with Crippen molar-refractivity contribution in [1.29, 1.82) is 0 Å². The first-order valence-corrected chi connectivity index (χ1v) is 13.8. The van der Waals surface area contributed by atoms with E-state index >= 15 is 0 Å². The van der Waals surface area contributed by atoms with Gasteiger partial charge in [0.1, 0.15) is 11.5 Å². The molecule has 6 aliphatic rings. The van der Waals surface area contributed by atoms with Crippen LogP contribution in [0.1, 0.15) is 35.7 Å². The standard InChI is InChI=1S/C31H34N2O7/c1-6-16-15-33-21-13-19(16)31(29(35)39-5)24(33)14-30(18-9-7-8-10-20(18)32-26(21)30)28(31)40-27(34)17-11-22(36-2)25(38-4)23(12-17)37-3/h6-12,19,21,24,26,28,32H,13-15H2,1-5H3/t19-,21-,24-,26-,28-,30-,31+/m0/s1. The molecule has 6 bridgehead atoms. The molecule has 4 saturated heterocycles. The molecule has 1 spiro atoms. The molecule has 0 amide bonds. The van der Waals surface area contributed by atoms with Gasteiger partial charge in [-0.15, -0.1) is 0 Å². The maximum atomic E-state index is 14.2. The molecule has 1 N–H and O–H groups in total. The first kappa shape index (κ1) is 25.3. The lowest BCUT2D eigenvalue weighted by Gasteiger charge is -2.60. The van der Waals surface area contributed by atoms with Crippen LogP contribution in [-0.2, 0) is 19.7 Å². The van der Waals surface area contributed by atoms with Crippen molar-refractivity contribution in [2.45, 2.75) is 49.4 Å². The van der Waals surface area contributed by atoms with E-state index in [4.69, 9.17) is 23.7 Å². The third-order valence-corrected chi connectivity index (χ3v) is 10.4. The normalized spacial score (nSPS) is 36.5. The number of methoxy groups -OCH3 is 4. The SMILES string of the molecule is CC=C1CN2[C@H]3C[C@]45c6ccccc6N[C@H]4[C@@H]2C[C@@H]1[C@]3(C(=O)OC)[C@H]5OC(=O)c1cc(OC)c(OC)c(OC)c1. The predicted molar refractivity (Wildman–Crippen MR) is 146 cm³/mol. The zero-order valence-corrected chi connectivity index (χ0v) is 23.4. The summed E-state index contributed by atoms with van der Waals surface area (Å²) in [4.78, 5) is 30.8. The number of piperidine rings is 4. The molecule has 9 nitrogen and oxygen atoms in total. The number of esters is 2. The van der Waals surface area contributed by atoms with Crippen LogP contribution < -0.4 is 19.5 Å². The lowest BCUT2D eigenvalue weighted by atomic mass is 9.58. The van der Waals surface area contributed by atoms with Crippen molar-refractivity contribution in [2.24, 2.45) is 11.3 Å². The molecular formula is C31H34N2O7. The Labute approximate surface area is 233 Å². The molecule has 2 aromatic carbocycles. The number of para-hydroxylation sites is 1. The number of ether oxygens (including phenoxy) is 5. The number of nitrogens with zero attached hydrogens (tertiary/aromatic N) is 1. The Morgan fingerprint density at radius 2 is 1.77 bits per heavy atom. The maximum Gasteiger partial charge on any atom is 0.338 e. The van der Waals surface area contributed by atoms with E-state index in [1.165, 1.54) is 34.0 Å². The van der Waals surface area contributed by atoms with Gasteiger partial charge in [0.05, 0.1) is 45.5 Å². The molecular weight excluding hydrogens is 512 g/mol. The Bertz CT molecular complexity index is 1430. The second kappa shape index (κ2) is 8.64. The van der Waals surface area contributed by atoms with Crippen LogP contribution >= 0.6 is 0 Å². The summed E-state index contributed by atoms with van der Waals surface area (Å²) in [5, 5.41) is 3.81. The zero-order valence-electron chi connectivity index (χ0n) is 23.4. The van der Waals surface area contributed by atoms with Crippen molar-refractivity contribution >= 4 is 17.6 Å². The van der Waals surface area contributed by atoms with E-state index in [0.29, 0.717) is 23.7 Å². The number of rotatable bonds is 6. The van der Waals surface area contributed by atoms with Gasteiger partial charge in [-0.05, 0) is 43.5 Å². The second-order valence-corrected chi connectivity index (χ2v) is 11.4. The van der Waals surface area contributed by atoms with Gasteiger partial charge in [-0.1, -0.05) is 29.8 Å². The van der Waals surface area contributed by atoms with Gasteiger partial charge in [-0.3, -0.25) is 9.69 Å². The number of hydrogen-bond acceptors (Lipinski definition) is 9. The Morgan fingerprint density at radius 3 is 2.42 bits per heavy atom. The summed E-state index contributed by atoms with van der Waals surface area (Å²) in [6.07, 6.45) is 2.88. The molecule has 1 aliphatic carbocycles. The van der Waals surface area contributed by atoms with Gasteiger partial charge >= 0.3 is 11.9 Å². The highest BCUT2D eigenvalue weighted by Crippen LogP contribution is 2.72. The highest BCUT2D eigenvalue weighted by Gasteiger charge is 2.83. The number of fused-ring (bicyclic) bond motifs is 2. The van der Waals surface area contributed by atoms with E-state index in [1.807, 2.05) is 19.1 Å². The fraction of sp³-hybridized carbons (Fsp3) is 0.484. The summed E-state index contributed by atoms with van der Waals surface area (Å²) in [5.74, 6) is 0.157. The van der Waals surface area contributed by atoms with E-state index in [1.54, 1.807) is 12.1 Å². The molecule has 8 atom stereocenters. The second-order valence-electron chi connectivity index (χ2n) is 11.4. The van der Waals surface area contributed by atoms with Crippen LogP contribution in [0, 0.1) is 11.3 Å². The van der Waals surface area contributed by atoms with Crippen molar-refractivity contribution in [3.8, 4) is 17.2 Å². The van der Waals surface area contributed by atoms with Crippen molar-refractivity contribution < 1.29 is 33.3 Å². The Kier molecular flexibility index (Phi) is 5.45. The minimum atomic E-state index is -1.03. The number of nitrogens with one attached hydrogen (secondary N) is 1. The molecule has 210 valence electrons. The number of hydrogen-bond donors (Lipinski definition) is 1. The molecule has 5 fully saturated rings. The Balaban J connectivity index is 1.43. The van der Waals surface area contributed by atoms with Crippen LogP contribution in [-0.4, -0.2) is 76.1 Å². The summed E-state index contributed by atoms with van der Waals surface area (Å²) in [7, 11) is 5.97. The summed E-state index contributed by atoms with van der Waals surface area (Å²) in [6.45, 7) is 2.84. The van der Waals surface area contributed by atoms with Gasteiger partial charge in [0.2, 0.25) is 5.75 Å². The van der Waals surface area contributed by atoms with Crippen molar-refractivity contribution in [3.63, 3.8) is 0 Å². The highest BCUT2D eigenvalue weighted by molar-refractivity contribution is 5.93. The molecule has 1 saturated carbocycles. The number of benzene rings is 2. The van der Waals surface area contributed by atoms with E-state index in [2.05, 4.69) is 28.4 Å². The molecule has 2 aromatic rings. The minimum Gasteiger partial charge on any atom is -0.493 e. The predicted octanol–water partition coefficient (Wildman–Crippen LogP) is 3.57. The largest absolute Gasteiger partial charge is 0.493 e. The van der Waals surface area contributed by atoms with Gasteiger partial charge in [-0.25, -0.2) is 4.79 Å². The van der Waals surface area contributed by atoms with Crippen LogP contribution in [0.5, 0.6) is 17.2 Å². The summed E-state index contributed by atoms with van der Waals surface area (Å²) < 4.78 is 28.7. The molecule has 1 unspecified atom stereocenters. The average Bonchev–Trinajstić information content (AvgIpc) is 3.46. The van der Waals surface area contributed by atoms with Crippen LogP contribution in [0.4, 0.5) is 5.69 Å². The Morgan fingerprint density at radius 1 is 1.05 bits per heavy atom. The molecule has 8 rings (SSSR count). The quantitative estimate of drug-likeness (QED) is 0.431. The fourth-order valence-corrected chi connectivity index (χ4v) is 9.03. The van der Waals surface area contributed by atoms with Crippen molar-refractivity contribution in [1.82, 2.24) is 4.90 Å². The lowest BCUT2D eigenvalue weighted by Crippen LogP contribution is -2.71. The number of carbonyl (C=O) groups is 2. The summed E-state index contributed by atoms with van der Waals surface area (Å²) in [5.41, 5.74) is 2.00. The minimum absolute atomic E-state index is 0.00572. The van der Waals surface area contributed by atoms with E-state index in [9.17, 15) is 9.59 Å². The molecule has 5 aliphatic heterocycles. The van der Waals surface area contributed by atoms with Gasteiger partial charge in [0, 0.05) is 30.2 Å². The molecule has 5 heterocycles. The smallest absolute Gasteiger partial charge is 0.338 e. The maximum absolute atomic E-state index is 14.2. The first-order chi connectivity index (χ1) is 19.4. The van der Waals surface area contributed by atoms with Gasteiger partial charge < -0.3 is 29.0 Å². The molecule has 9 heteroatoms. The van der Waals surface area contributed by atoms with Gasteiger partial charge in [0.25, 0.3) is 0 Å². The monoisotopic (exact) mass is 546 g/mol.